The maximum Gasteiger partial charge on any atom is 0.271 e. The third kappa shape index (κ3) is 4.02. The monoisotopic (exact) mass is 424 g/mol. The molecule has 0 radical (unpaired) electrons. The van der Waals surface area contributed by atoms with E-state index in [1.54, 1.807) is 24.0 Å². The normalized spacial score (nSPS) is 14.5. The van der Waals surface area contributed by atoms with E-state index in [2.05, 4.69) is 9.97 Å². The maximum atomic E-state index is 13.0. The number of aromatic amines is 1. The summed E-state index contributed by atoms with van der Waals surface area (Å²) >= 11 is 0. The number of aromatic nitrogens is 2. The average Bonchev–Trinajstić information content (AvgIpc) is 3.01. The number of amides is 1. The Labute approximate surface area is 176 Å². The van der Waals surface area contributed by atoms with E-state index in [9.17, 15) is 25.0 Å². The second-order valence-corrected chi connectivity index (χ2v) is 7.41. The first-order chi connectivity index (χ1) is 14.8. The van der Waals surface area contributed by atoms with Gasteiger partial charge in [-0.1, -0.05) is 6.07 Å². The van der Waals surface area contributed by atoms with E-state index in [0.29, 0.717) is 60.7 Å². The van der Waals surface area contributed by atoms with Crippen molar-refractivity contribution < 1.29 is 14.6 Å². The Kier molecular flexibility index (Phi) is 5.24. The van der Waals surface area contributed by atoms with Gasteiger partial charge in [-0.05, 0) is 25.0 Å². The van der Waals surface area contributed by atoms with Crippen LogP contribution in [0.3, 0.4) is 0 Å². The van der Waals surface area contributed by atoms with Crippen LogP contribution in [0.25, 0.3) is 11.0 Å². The number of imidazole rings is 1. The molecule has 0 bridgehead atoms. The van der Waals surface area contributed by atoms with Crippen LogP contribution < -0.4 is 4.90 Å². The number of carbonyl (C=O) groups excluding carboxylic acids is 1. The van der Waals surface area contributed by atoms with Crippen LogP contribution in [0, 0.1) is 27.2 Å². The molecule has 0 atom stereocenters. The number of hydrogen-bond acceptors (Lipinski definition) is 7. The number of fused-ring (bicyclic) bond motifs is 1. The Bertz CT molecular complexity index is 1190. The topological polar surface area (TPSA) is 139 Å². The predicted octanol–water partition coefficient (Wildman–Crippen LogP) is 3.04. The quantitative estimate of drug-likeness (QED) is 0.502. The lowest BCUT2D eigenvalue weighted by atomic mass is 10.1. The van der Waals surface area contributed by atoms with Gasteiger partial charge in [0.25, 0.3) is 17.3 Å². The summed E-state index contributed by atoms with van der Waals surface area (Å²) in [6, 6.07) is 8.77. The smallest absolute Gasteiger partial charge is 0.271 e. The Morgan fingerprint density at radius 1 is 1.00 bits per heavy atom. The van der Waals surface area contributed by atoms with Crippen LogP contribution in [0.5, 0.6) is 0 Å². The minimum atomic E-state index is -0.508. The van der Waals surface area contributed by atoms with Crippen molar-refractivity contribution in [3.63, 3.8) is 0 Å². The highest BCUT2D eigenvalue weighted by Gasteiger charge is 2.24. The van der Waals surface area contributed by atoms with Gasteiger partial charge in [0, 0.05) is 56.0 Å². The second-order valence-electron chi connectivity index (χ2n) is 7.41. The number of hydrogen-bond donors (Lipinski definition) is 1. The summed E-state index contributed by atoms with van der Waals surface area (Å²) in [6.45, 7) is 3.87. The zero-order valence-corrected chi connectivity index (χ0v) is 16.8. The third-order valence-corrected chi connectivity index (χ3v) is 5.41. The van der Waals surface area contributed by atoms with E-state index >= 15 is 0 Å². The minimum Gasteiger partial charge on any atom is -0.341 e. The molecule has 2 aromatic carbocycles. The fourth-order valence-electron chi connectivity index (χ4n) is 3.70. The molecule has 0 aliphatic carbocycles. The van der Waals surface area contributed by atoms with E-state index in [-0.39, 0.29) is 17.3 Å². The molecule has 1 aromatic heterocycles. The summed E-state index contributed by atoms with van der Waals surface area (Å²) in [6.07, 6.45) is 0.691. The number of anilines is 1. The van der Waals surface area contributed by atoms with Gasteiger partial charge in [0.1, 0.15) is 0 Å². The molecular weight excluding hydrogens is 404 g/mol. The lowest BCUT2D eigenvalue weighted by Gasteiger charge is -2.22. The van der Waals surface area contributed by atoms with Gasteiger partial charge in [0.2, 0.25) is 5.95 Å². The third-order valence-electron chi connectivity index (χ3n) is 5.41. The van der Waals surface area contributed by atoms with Crippen molar-refractivity contribution >= 4 is 34.3 Å². The lowest BCUT2D eigenvalue weighted by molar-refractivity contribution is -0.385. The van der Waals surface area contributed by atoms with Crippen LogP contribution in [-0.2, 0) is 0 Å². The van der Waals surface area contributed by atoms with Crippen LogP contribution in [0.1, 0.15) is 22.3 Å². The molecule has 2 heterocycles. The number of H-pyrrole nitrogens is 1. The molecule has 1 fully saturated rings. The molecule has 1 N–H and O–H groups in total. The van der Waals surface area contributed by atoms with E-state index in [4.69, 9.17) is 0 Å². The van der Waals surface area contributed by atoms with Gasteiger partial charge in [-0.25, -0.2) is 4.98 Å². The van der Waals surface area contributed by atoms with Gasteiger partial charge in [-0.15, -0.1) is 0 Å². The molecule has 4 rings (SSSR count). The molecule has 0 saturated carbocycles. The highest BCUT2D eigenvalue weighted by Crippen LogP contribution is 2.24. The zero-order valence-electron chi connectivity index (χ0n) is 16.8. The van der Waals surface area contributed by atoms with Crippen molar-refractivity contribution in [3.8, 4) is 0 Å². The number of benzene rings is 2. The largest absolute Gasteiger partial charge is 0.341 e. The summed E-state index contributed by atoms with van der Waals surface area (Å²) < 4.78 is 0. The molecule has 0 unspecified atom stereocenters. The first-order valence-corrected chi connectivity index (χ1v) is 9.77. The summed E-state index contributed by atoms with van der Waals surface area (Å²) in [5.74, 6) is 0.361. The van der Waals surface area contributed by atoms with Crippen LogP contribution in [0.15, 0.2) is 36.4 Å². The standard InChI is InChI=1S/C20H20N6O5/c1-13-3-4-14(25(28)29)11-16(13)19(27)23-7-2-8-24(10-9-23)20-21-17-6-5-15(26(30)31)12-18(17)22-20/h3-6,11-12H,2,7-10H2,1H3,(H,21,22). The average molecular weight is 424 g/mol. The highest BCUT2D eigenvalue weighted by molar-refractivity contribution is 5.96. The van der Waals surface area contributed by atoms with Crippen LogP contribution in [-0.4, -0.2) is 56.8 Å². The fourth-order valence-corrected chi connectivity index (χ4v) is 3.70. The summed E-state index contributed by atoms with van der Waals surface area (Å²) in [5, 5.41) is 22.1. The maximum absolute atomic E-state index is 13.0. The molecule has 160 valence electrons. The first-order valence-electron chi connectivity index (χ1n) is 9.77. The first kappa shape index (κ1) is 20.3. The summed E-state index contributed by atoms with van der Waals surface area (Å²) in [7, 11) is 0. The second kappa shape index (κ2) is 8.01. The molecule has 31 heavy (non-hydrogen) atoms. The Balaban J connectivity index is 1.52. The minimum absolute atomic E-state index is 0.0114. The van der Waals surface area contributed by atoms with Gasteiger partial charge < -0.3 is 14.8 Å². The van der Waals surface area contributed by atoms with Crippen LogP contribution >= 0.6 is 0 Å². The number of aryl methyl sites for hydroxylation is 1. The van der Waals surface area contributed by atoms with Crippen molar-refractivity contribution in [3.05, 3.63) is 67.8 Å². The van der Waals surface area contributed by atoms with E-state index in [1.165, 1.54) is 24.3 Å². The Hall–Kier alpha value is -4.02. The number of nitro groups is 2. The number of nitrogens with one attached hydrogen (secondary N) is 1. The van der Waals surface area contributed by atoms with Crippen LogP contribution in [0.4, 0.5) is 17.3 Å². The molecule has 1 aliphatic rings. The van der Waals surface area contributed by atoms with E-state index < -0.39 is 9.85 Å². The van der Waals surface area contributed by atoms with E-state index in [0.717, 1.165) is 0 Å². The number of non-ortho nitro benzene ring substituents is 2. The zero-order chi connectivity index (χ0) is 22.1. The van der Waals surface area contributed by atoms with Crippen molar-refractivity contribution in [2.75, 3.05) is 31.1 Å². The number of rotatable bonds is 4. The molecule has 1 saturated heterocycles. The number of nitrogens with zero attached hydrogens (tertiary/aromatic N) is 5. The highest BCUT2D eigenvalue weighted by atomic mass is 16.6. The molecule has 1 aliphatic heterocycles. The summed E-state index contributed by atoms with van der Waals surface area (Å²) in [5.41, 5.74) is 2.11. The lowest BCUT2D eigenvalue weighted by Crippen LogP contribution is -2.35. The SMILES string of the molecule is Cc1ccc([N+](=O)[O-])cc1C(=O)N1CCCN(c2nc3ccc([N+](=O)[O-])cc3[nH]2)CC1. The van der Waals surface area contributed by atoms with Gasteiger partial charge in [-0.2, -0.15) is 0 Å². The molecule has 1 amide bonds. The van der Waals surface area contributed by atoms with Gasteiger partial charge in [0.15, 0.2) is 0 Å². The van der Waals surface area contributed by atoms with Crippen molar-refractivity contribution in [1.29, 1.82) is 0 Å². The molecule has 3 aromatic rings. The molecular formula is C20H20N6O5. The Morgan fingerprint density at radius 3 is 2.45 bits per heavy atom. The Morgan fingerprint density at radius 2 is 1.71 bits per heavy atom. The van der Waals surface area contributed by atoms with E-state index in [1.807, 2.05) is 4.90 Å². The molecule has 11 nitrogen and oxygen atoms in total. The van der Waals surface area contributed by atoms with Crippen molar-refractivity contribution in [2.24, 2.45) is 0 Å². The van der Waals surface area contributed by atoms with Crippen LogP contribution in [0.2, 0.25) is 0 Å². The molecule has 0 spiro atoms. The number of nitro benzene ring substituents is 2. The fraction of sp³-hybridized carbons (Fsp3) is 0.300. The predicted molar refractivity (Wildman–Crippen MR) is 113 cm³/mol. The summed E-state index contributed by atoms with van der Waals surface area (Å²) in [4.78, 5) is 45.5. The van der Waals surface area contributed by atoms with Crippen molar-refractivity contribution in [2.45, 2.75) is 13.3 Å². The molecule has 11 heteroatoms. The van der Waals surface area contributed by atoms with Gasteiger partial charge >= 0.3 is 0 Å². The number of carbonyl (C=O) groups is 1. The van der Waals surface area contributed by atoms with Gasteiger partial charge in [-0.3, -0.25) is 25.0 Å². The van der Waals surface area contributed by atoms with Crippen molar-refractivity contribution in [1.82, 2.24) is 14.9 Å². The van der Waals surface area contributed by atoms with Gasteiger partial charge in [0.05, 0.1) is 20.9 Å².